The summed E-state index contributed by atoms with van der Waals surface area (Å²) in [6.07, 6.45) is 1.49. The molecule has 0 fully saturated rings. The molecule has 0 aromatic carbocycles. The third-order valence-corrected chi connectivity index (χ3v) is 4.11. The van der Waals surface area contributed by atoms with Crippen LogP contribution < -0.4 is 10.6 Å². The van der Waals surface area contributed by atoms with Crippen molar-refractivity contribution in [2.24, 2.45) is 0 Å². The second-order valence-corrected chi connectivity index (χ2v) is 9.16. The fraction of sp³-hybridized carbons (Fsp3) is 0.909. The van der Waals surface area contributed by atoms with Crippen molar-refractivity contribution in [1.82, 2.24) is 10.6 Å². The van der Waals surface area contributed by atoms with Gasteiger partial charge in [-0.2, -0.15) is 0 Å². The molecule has 0 aliphatic rings. The maximum atomic E-state index is 12.0. The molecule has 2 N–H and O–H groups in total. The number of hydrogen-bond donors (Lipinski definition) is 2. The van der Waals surface area contributed by atoms with E-state index in [9.17, 15) is 9.59 Å². The molecule has 0 bridgehead atoms. The molecular formula is C22H44N2O6. The fourth-order valence-corrected chi connectivity index (χ4v) is 2.51. The number of carbonyl (C=O) groups excluding carboxylic acids is 2. The topological polar surface area (TPSA) is 95.1 Å². The standard InChI is InChI=1S/C22H44N2O6/c1-17(2)27-13-11-23-15-19(25)29-21(5,6)9-10-22(7,8)30-20(26)16-24-12-14-28-18(3)4/h17-18,23-24H,9-16H2,1-8H3. The van der Waals surface area contributed by atoms with Gasteiger partial charge >= 0.3 is 11.9 Å². The van der Waals surface area contributed by atoms with Crippen molar-refractivity contribution in [3.8, 4) is 0 Å². The highest BCUT2D eigenvalue weighted by Crippen LogP contribution is 2.25. The molecule has 0 amide bonds. The van der Waals surface area contributed by atoms with Gasteiger partial charge in [0.1, 0.15) is 11.2 Å². The predicted molar refractivity (Wildman–Crippen MR) is 117 cm³/mol. The molecule has 0 atom stereocenters. The lowest BCUT2D eigenvalue weighted by atomic mass is 9.93. The number of ether oxygens (including phenoxy) is 4. The Morgan fingerprint density at radius 1 is 0.700 bits per heavy atom. The number of esters is 2. The van der Waals surface area contributed by atoms with Gasteiger partial charge in [0.15, 0.2) is 0 Å². The van der Waals surface area contributed by atoms with Crippen molar-refractivity contribution in [3.63, 3.8) is 0 Å². The van der Waals surface area contributed by atoms with Crippen LogP contribution in [-0.4, -0.2) is 74.7 Å². The van der Waals surface area contributed by atoms with E-state index in [1.165, 1.54) is 0 Å². The minimum atomic E-state index is -0.649. The minimum Gasteiger partial charge on any atom is -0.459 e. The summed E-state index contributed by atoms with van der Waals surface area (Å²) in [6.45, 7) is 17.9. The van der Waals surface area contributed by atoms with Crippen LogP contribution in [0.25, 0.3) is 0 Å². The average molecular weight is 433 g/mol. The first-order chi connectivity index (χ1) is 13.8. The Bertz CT molecular complexity index is 448. The molecule has 0 aliphatic carbocycles. The highest BCUT2D eigenvalue weighted by Gasteiger charge is 2.29. The van der Waals surface area contributed by atoms with E-state index >= 15 is 0 Å². The lowest BCUT2D eigenvalue weighted by molar-refractivity contribution is -0.162. The molecule has 8 nitrogen and oxygen atoms in total. The fourth-order valence-electron chi connectivity index (χ4n) is 2.51. The Morgan fingerprint density at radius 2 is 1.03 bits per heavy atom. The lowest BCUT2D eigenvalue weighted by Crippen LogP contribution is -2.38. The zero-order chi connectivity index (χ0) is 23.2. The van der Waals surface area contributed by atoms with Crippen LogP contribution in [0.2, 0.25) is 0 Å². The van der Waals surface area contributed by atoms with Crippen LogP contribution in [-0.2, 0) is 28.5 Å². The summed E-state index contributed by atoms with van der Waals surface area (Å²) in [7, 11) is 0. The summed E-state index contributed by atoms with van der Waals surface area (Å²) in [5.41, 5.74) is -1.30. The van der Waals surface area contributed by atoms with Crippen LogP contribution in [0.3, 0.4) is 0 Å². The number of nitrogens with one attached hydrogen (secondary N) is 2. The third kappa shape index (κ3) is 17.6. The molecule has 8 heteroatoms. The molecule has 0 aromatic heterocycles. The number of rotatable bonds is 17. The number of carbonyl (C=O) groups is 2. The summed E-state index contributed by atoms with van der Waals surface area (Å²) in [6, 6.07) is 0. The SMILES string of the molecule is CC(C)OCCNCC(=O)OC(C)(C)CCC(C)(C)OC(=O)CNCCOC(C)C. The van der Waals surface area contributed by atoms with E-state index in [0.717, 1.165) is 0 Å². The smallest absolute Gasteiger partial charge is 0.320 e. The van der Waals surface area contributed by atoms with Gasteiger partial charge in [0, 0.05) is 13.1 Å². The molecule has 0 aromatic rings. The monoisotopic (exact) mass is 432 g/mol. The molecule has 178 valence electrons. The highest BCUT2D eigenvalue weighted by atomic mass is 16.6. The minimum absolute atomic E-state index is 0.134. The Hall–Kier alpha value is -1.22. The zero-order valence-electron chi connectivity index (χ0n) is 20.3. The van der Waals surface area contributed by atoms with Gasteiger partial charge in [-0.05, 0) is 68.2 Å². The van der Waals surface area contributed by atoms with Gasteiger partial charge in [-0.25, -0.2) is 0 Å². The van der Waals surface area contributed by atoms with Crippen molar-refractivity contribution < 1.29 is 28.5 Å². The predicted octanol–water partition coefficient (Wildman–Crippen LogP) is 2.44. The van der Waals surface area contributed by atoms with Gasteiger partial charge in [-0.1, -0.05) is 0 Å². The van der Waals surface area contributed by atoms with Gasteiger partial charge in [0.2, 0.25) is 0 Å². The molecule has 0 aliphatic heterocycles. The molecule has 0 heterocycles. The van der Waals surface area contributed by atoms with Gasteiger partial charge in [0.05, 0.1) is 38.5 Å². The first-order valence-corrected chi connectivity index (χ1v) is 10.9. The molecule has 0 saturated carbocycles. The quantitative estimate of drug-likeness (QED) is 0.267. The van der Waals surface area contributed by atoms with E-state index in [1.807, 2.05) is 55.4 Å². The van der Waals surface area contributed by atoms with Gasteiger partial charge < -0.3 is 29.6 Å². The highest BCUT2D eigenvalue weighted by molar-refractivity contribution is 5.72. The normalized spacial score (nSPS) is 12.5. The summed E-state index contributed by atoms with van der Waals surface area (Å²) in [5, 5.41) is 6.02. The summed E-state index contributed by atoms with van der Waals surface area (Å²) in [5.74, 6) is -0.626. The van der Waals surface area contributed by atoms with Crippen LogP contribution in [0.5, 0.6) is 0 Å². The summed E-state index contributed by atoms with van der Waals surface area (Å²) in [4.78, 5) is 24.1. The van der Waals surface area contributed by atoms with E-state index in [0.29, 0.717) is 39.1 Å². The van der Waals surface area contributed by atoms with E-state index < -0.39 is 11.2 Å². The van der Waals surface area contributed by atoms with E-state index in [2.05, 4.69) is 10.6 Å². The molecule has 0 rings (SSSR count). The van der Waals surface area contributed by atoms with Crippen LogP contribution >= 0.6 is 0 Å². The first kappa shape index (κ1) is 28.8. The molecule has 0 unspecified atom stereocenters. The Morgan fingerprint density at radius 3 is 1.33 bits per heavy atom. The van der Waals surface area contributed by atoms with Crippen molar-refractivity contribution >= 4 is 11.9 Å². The molecular weight excluding hydrogens is 388 g/mol. The Labute approximate surface area is 182 Å². The van der Waals surface area contributed by atoms with E-state index in [-0.39, 0.29) is 37.2 Å². The van der Waals surface area contributed by atoms with Crippen LogP contribution in [0.4, 0.5) is 0 Å². The molecule has 0 spiro atoms. The maximum Gasteiger partial charge on any atom is 0.320 e. The van der Waals surface area contributed by atoms with Gasteiger partial charge in [-0.3, -0.25) is 9.59 Å². The zero-order valence-corrected chi connectivity index (χ0v) is 20.3. The van der Waals surface area contributed by atoms with Crippen LogP contribution in [0.15, 0.2) is 0 Å². The summed E-state index contributed by atoms with van der Waals surface area (Å²) >= 11 is 0. The second kappa shape index (κ2) is 14.7. The first-order valence-electron chi connectivity index (χ1n) is 10.9. The lowest BCUT2D eigenvalue weighted by Gasteiger charge is -2.31. The summed E-state index contributed by atoms with van der Waals surface area (Å²) < 4.78 is 22.0. The molecule has 0 radical (unpaired) electrons. The maximum absolute atomic E-state index is 12.0. The second-order valence-electron chi connectivity index (χ2n) is 9.16. The average Bonchev–Trinajstić information content (AvgIpc) is 2.58. The van der Waals surface area contributed by atoms with E-state index in [1.54, 1.807) is 0 Å². The van der Waals surface area contributed by atoms with Crippen molar-refractivity contribution in [3.05, 3.63) is 0 Å². The van der Waals surface area contributed by atoms with Crippen LogP contribution in [0, 0.1) is 0 Å². The van der Waals surface area contributed by atoms with Gasteiger partial charge in [-0.15, -0.1) is 0 Å². The third-order valence-electron chi connectivity index (χ3n) is 4.11. The van der Waals surface area contributed by atoms with Crippen LogP contribution in [0.1, 0.15) is 68.2 Å². The van der Waals surface area contributed by atoms with Crippen molar-refractivity contribution in [2.45, 2.75) is 91.6 Å². The van der Waals surface area contributed by atoms with Crippen molar-refractivity contribution in [1.29, 1.82) is 0 Å². The Kier molecular flexibility index (Phi) is 14.1. The van der Waals surface area contributed by atoms with Crippen molar-refractivity contribution in [2.75, 3.05) is 39.4 Å². The number of hydrogen-bond acceptors (Lipinski definition) is 8. The largest absolute Gasteiger partial charge is 0.459 e. The Balaban J connectivity index is 4.11. The van der Waals surface area contributed by atoms with E-state index in [4.69, 9.17) is 18.9 Å². The molecule has 0 saturated heterocycles. The van der Waals surface area contributed by atoms with Gasteiger partial charge in [0.25, 0.3) is 0 Å². The molecule has 30 heavy (non-hydrogen) atoms.